The Morgan fingerprint density at radius 1 is 0.333 bits per heavy atom. The fourth-order valence-corrected chi connectivity index (χ4v) is 10.1. The van der Waals surface area contributed by atoms with Crippen molar-refractivity contribution in [3.05, 3.63) is 285 Å². The van der Waals surface area contributed by atoms with Gasteiger partial charge in [0.2, 0.25) is 0 Å². The van der Waals surface area contributed by atoms with E-state index < -0.39 is 0 Å². The molecule has 3 nitrogen and oxygen atoms in total. The van der Waals surface area contributed by atoms with Crippen molar-refractivity contribution in [2.75, 3.05) is 9.80 Å². The second kappa shape index (κ2) is 18.4. The van der Waals surface area contributed by atoms with Crippen molar-refractivity contribution in [1.29, 1.82) is 0 Å². The summed E-state index contributed by atoms with van der Waals surface area (Å²) in [6.45, 7) is 0. The van der Waals surface area contributed by atoms with Gasteiger partial charge in [-0.05, 0) is 130 Å². The van der Waals surface area contributed by atoms with Crippen LogP contribution < -0.4 is 9.80 Å². The first-order valence-electron chi connectivity index (χ1n) is 23.9. The fraction of sp³-hybridized carbons (Fsp3) is 0.0303. The Balaban J connectivity index is 0.892. The Labute approximate surface area is 404 Å². The van der Waals surface area contributed by atoms with E-state index >= 15 is 0 Å². The maximum atomic E-state index is 2.48. The van der Waals surface area contributed by atoms with E-state index in [0.717, 1.165) is 46.1 Å². The number of benzene rings is 10. The van der Waals surface area contributed by atoms with E-state index in [1.165, 1.54) is 60.8 Å². The Kier molecular flexibility index (Phi) is 11.1. The van der Waals surface area contributed by atoms with E-state index in [1.807, 2.05) is 0 Å². The van der Waals surface area contributed by atoms with Crippen LogP contribution in [0.4, 0.5) is 28.4 Å². The van der Waals surface area contributed by atoms with Gasteiger partial charge in [0, 0.05) is 44.9 Å². The molecule has 1 aliphatic rings. The van der Waals surface area contributed by atoms with Crippen LogP contribution in [0.3, 0.4) is 0 Å². The van der Waals surface area contributed by atoms with E-state index in [0.29, 0.717) is 0 Å². The molecule has 0 fully saturated rings. The quantitative estimate of drug-likeness (QED) is 0.128. The average Bonchev–Trinajstić information content (AvgIpc) is 3.77. The number of hydrogen-bond acceptors (Lipinski definition) is 2. The molecule has 12 rings (SSSR count). The molecule has 0 saturated carbocycles. The Morgan fingerprint density at radius 2 is 0.739 bits per heavy atom. The molecule has 69 heavy (non-hydrogen) atoms. The molecule has 1 heterocycles. The van der Waals surface area contributed by atoms with Crippen LogP contribution in [-0.2, 0) is 0 Å². The van der Waals surface area contributed by atoms with Crippen molar-refractivity contribution in [1.82, 2.24) is 4.57 Å². The summed E-state index contributed by atoms with van der Waals surface area (Å²) in [6.07, 6.45) is 7.92. The second-order valence-electron chi connectivity index (χ2n) is 17.7. The third-order valence-corrected chi connectivity index (χ3v) is 13.5. The number of anilines is 5. The predicted octanol–water partition coefficient (Wildman–Crippen LogP) is 17.8. The van der Waals surface area contributed by atoms with Crippen LogP contribution in [0.1, 0.15) is 12.0 Å². The first-order valence-corrected chi connectivity index (χ1v) is 23.9. The van der Waals surface area contributed by atoms with Crippen molar-refractivity contribution in [3.63, 3.8) is 0 Å². The minimum Gasteiger partial charge on any atom is -0.334 e. The zero-order valence-electron chi connectivity index (χ0n) is 38.2. The van der Waals surface area contributed by atoms with Crippen molar-refractivity contribution in [2.24, 2.45) is 0 Å². The summed E-state index contributed by atoms with van der Waals surface area (Å²) in [5, 5.41) is 2.47. The van der Waals surface area contributed by atoms with Crippen molar-refractivity contribution in [2.45, 2.75) is 12.5 Å². The minimum atomic E-state index is 0.158. The smallest absolute Gasteiger partial charge is 0.0561 e. The predicted molar refractivity (Wildman–Crippen MR) is 292 cm³/mol. The highest BCUT2D eigenvalue weighted by Gasteiger charge is 2.22. The summed E-state index contributed by atoms with van der Waals surface area (Å²) in [4.78, 5) is 4.86. The molecular weight excluding hydrogens is 835 g/mol. The highest BCUT2D eigenvalue weighted by atomic mass is 15.2. The monoisotopic (exact) mass is 883 g/mol. The normalized spacial score (nSPS) is 13.3. The molecule has 328 valence electrons. The highest BCUT2D eigenvalue weighted by molar-refractivity contribution is 6.10. The molecule has 3 heteroatoms. The first kappa shape index (κ1) is 41.5. The average molecular weight is 884 g/mol. The molecular formula is C66H49N3. The van der Waals surface area contributed by atoms with Crippen molar-refractivity contribution >= 4 is 55.8 Å². The van der Waals surface area contributed by atoms with Gasteiger partial charge in [0.1, 0.15) is 0 Å². The van der Waals surface area contributed by atoms with Gasteiger partial charge in [-0.15, -0.1) is 0 Å². The summed E-state index contributed by atoms with van der Waals surface area (Å²) in [5.74, 6) is 0. The van der Waals surface area contributed by atoms with E-state index in [9.17, 15) is 0 Å². The molecule has 11 aromatic rings. The van der Waals surface area contributed by atoms with Gasteiger partial charge in [0.15, 0.2) is 0 Å². The molecule has 1 aromatic heterocycles. The Morgan fingerprint density at radius 3 is 1.23 bits per heavy atom. The largest absolute Gasteiger partial charge is 0.334 e. The van der Waals surface area contributed by atoms with E-state index in [-0.39, 0.29) is 6.04 Å². The van der Waals surface area contributed by atoms with Gasteiger partial charge in [0.05, 0.1) is 17.1 Å². The lowest BCUT2D eigenvalue weighted by Gasteiger charge is -2.33. The Hall–Kier alpha value is -8.92. The van der Waals surface area contributed by atoms with Crippen LogP contribution in [0.2, 0.25) is 0 Å². The van der Waals surface area contributed by atoms with Crippen LogP contribution in [0.15, 0.2) is 279 Å². The SMILES string of the molecule is C1=CC(N(c2ccc(-c3ccccc3)cc2)c2ccc(-c3ccc(N(c4ccc(-c5ccccc5)cc4)c4ccc5c6ccccc6n(-c6ccccc6)c5c4)cc3)cc2)CC=C1c1ccccc1. The molecule has 0 radical (unpaired) electrons. The molecule has 1 atom stereocenters. The number of rotatable bonds is 11. The third kappa shape index (κ3) is 8.21. The first-order chi connectivity index (χ1) is 34.2. The highest BCUT2D eigenvalue weighted by Crippen LogP contribution is 2.42. The van der Waals surface area contributed by atoms with Gasteiger partial charge in [0.25, 0.3) is 0 Å². The van der Waals surface area contributed by atoms with E-state index in [1.54, 1.807) is 0 Å². The van der Waals surface area contributed by atoms with Crippen LogP contribution in [0.5, 0.6) is 0 Å². The summed E-state index contributed by atoms with van der Waals surface area (Å²) >= 11 is 0. The van der Waals surface area contributed by atoms with Crippen LogP contribution in [0, 0.1) is 0 Å². The number of para-hydroxylation sites is 2. The molecule has 0 aliphatic heterocycles. The van der Waals surface area contributed by atoms with Gasteiger partial charge in [-0.2, -0.15) is 0 Å². The van der Waals surface area contributed by atoms with E-state index in [2.05, 4.69) is 293 Å². The second-order valence-corrected chi connectivity index (χ2v) is 17.7. The zero-order chi connectivity index (χ0) is 45.9. The molecule has 0 spiro atoms. The number of aromatic nitrogens is 1. The lowest BCUT2D eigenvalue weighted by atomic mass is 9.95. The topological polar surface area (TPSA) is 11.4 Å². The minimum absolute atomic E-state index is 0.158. The van der Waals surface area contributed by atoms with Crippen LogP contribution in [-0.4, -0.2) is 10.6 Å². The fourth-order valence-electron chi connectivity index (χ4n) is 10.1. The molecule has 1 unspecified atom stereocenters. The summed E-state index contributed by atoms with van der Waals surface area (Å²) in [5.41, 5.74) is 18.8. The summed E-state index contributed by atoms with van der Waals surface area (Å²) in [6, 6.07) is 94.4. The standard InChI is InChI=1S/C66H49N3/c1-5-15-48(16-6-1)51-25-35-57(36-26-51)67(58-37-27-52(28-38-58)49-17-7-2-8-18-49)59-39-31-54(32-40-59)55-33-43-61(44-34-55)68(60-41-29-53(30-42-60)50-19-9-3-10-20-50)62-45-46-64-63-23-13-14-24-65(63)69(66(64)47-62)56-21-11-4-12-22-56/h1-37,39-47,58H,38H2. The lowest BCUT2D eigenvalue weighted by molar-refractivity contribution is 0.787. The molecule has 0 saturated heterocycles. The van der Waals surface area contributed by atoms with Gasteiger partial charge < -0.3 is 14.4 Å². The molecule has 1 aliphatic carbocycles. The number of fused-ring (bicyclic) bond motifs is 3. The van der Waals surface area contributed by atoms with Crippen molar-refractivity contribution < 1.29 is 0 Å². The number of allylic oxidation sites excluding steroid dienone is 2. The molecule has 0 amide bonds. The van der Waals surface area contributed by atoms with Crippen LogP contribution >= 0.6 is 0 Å². The van der Waals surface area contributed by atoms with E-state index in [4.69, 9.17) is 0 Å². The summed E-state index contributed by atoms with van der Waals surface area (Å²) < 4.78 is 2.39. The Bertz CT molecular complexity index is 3580. The number of nitrogens with zero attached hydrogens (tertiary/aromatic N) is 3. The maximum Gasteiger partial charge on any atom is 0.0561 e. The van der Waals surface area contributed by atoms with Crippen molar-refractivity contribution in [3.8, 4) is 39.1 Å². The zero-order valence-corrected chi connectivity index (χ0v) is 38.2. The van der Waals surface area contributed by atoms with Gasteiger partial charge >= 0.3 is 0 Å². The van der Waals surface area contributed by atoms with Gasteiger partial charge in [-0.3, -0.25) is 0 Å². The summed E-state index contributed by atoms with van der Waals surface area (Å²) in [7, 11) is 0. The van der Waals surface area contributed by atoms with Gasteiger partial charge in [-0.1, -0.05) is 200 Å². The third-order valence-electron chi connectivity index (χ3n) is 13.5. The van der Waals surface area contributed by atoms with Gasteiger partial charge in [-0.25, -0.2) is 0 Å². The molecule has 10 aromatic carbocycles. The van der Waals surface area contributed by atoms with Crippen LogP contribution in [0.25, 0.3) is 66.4 Å². The lowest BCUT2D eigenvalue weighted by Crippen LogP contribution is -2.30. The molecule has 0 N–H and O–H groups in total. The maximum absolute atomic E-state index is 2.48. The number of hydrogen-bond donors (Lipinski definition) is 0. The molecule has 0 bridgehead atoms.